The molecule has 2 amide bonds. The molecule has 1 aromatic carbocycles. The van der Waals surface area contributed by atoms with Crippen LogP contribution in [0.1, 0.15) is 50.4 Å². The molecule has 0 spiro atoms. The van der Waals surface area contributed by atoms with E-state index in [1.54, 1.807) is 43.2 Å². The zero-order valence-electron chi connectivity index (χ0n) is 18.0. The molecule has 1 aliphatic heterocycles. The first-order chi connectivity index (χ1) is 16.0. The first-order valence-electron chi connectivity index (χ1n) is 10.3. The molecule has 0 saturated carbocycles. The highest BCUT2D eigenvalue weighted by Gasteiger charge is 2.44. The topological polar surface area (TPSA) is 124 Å². The van der Waals surface area contributed by atoms with Gasteiger partial charge in [0.05, 0.1) is 25.2 Å². The summed E-state index contributed by atoms with van der Waals surface area (Å²) in [7, 11) is 1.56. The lowest BCUT2D eigenvalue weighted by atomic mass is 9.81. The highest BCUT2D eigenvalue weighted by atomic mass is 32.1. The summed E-state index contributed by atoms with van der Waals surface area (Å²) in [5, 5.41) is 11.9. The SMILES string of the molecule is CCOC(=O)c1nnc(NC(=O)C2c3ccccc3C(=O)N(CCOC)C2c2cccs2)o1. The lowest BCUT2D eigenvalue weighted by Crippen LogP contribution is -2.47. The van der Waals surface area contributed by atoms with Gasteiger partial charge in [0, 0.05) is 24.1 Å². The van der Waals surface area contributed by atoms with E-state index in [2.05, 4.69) is 15.5 Å². The van der Waals surface area contributed by atoms with Crippen LogP contribution in [0.25, 0.3) is 0 Å². The summed E-state index contributed by atoms with van der Waals surface area (Å²) >= 11 is 1.46. The fourth-order valence-electron chi connectivity index (χ4n) is 3.82. The molecule has 172 valence electrons. The van der Waals surface area contributed by atoms with Gasteiger partial charge in [-0.15, -0.1) is 11.3 Å². The molecule has 1 aliphatic rings. The number of nitrogens with zero attached hydrogens (tertiary/aromatic N) is 3. The molecular formula is C22H22N4O6S. The van der Waals surface area contributed by atoms with Gasteiger partial charge < -0.3 is 18.8 Å². The Morgan fingerprint density at radius 3 is 2.76 bits per heavy atom. The molecule has 0 fully saturated rings. The van der Waals surface area contributed by atoms with Crippen molar-refractivity contribution in [2.75, 3.05) is 32.2 Å². The van der Waals surface area contributed by atoms with Crippen molar-refractivity contribution in [1.29, 1.82) is 0 Å². The van der Waals surface area contributed by atoms with Crippen molar-refractivity contribution in [3.8, 4) is 0 Å². The van der Waals surface area contributed by atoms with Crippen LogP contribution in [-0.4, -0.2) is 59.7 Å². The number of aromatic nitrogens is 2. The van der Waals surface area contributed by atoms with Gasteiger partial charge in [0.15, 0.2) is 0 Å². The van der Waals surface area contributed by atoms with Gasteiger partial charge in [0.1, 0.15) is 0 Å². The summed E-state index contributed by atoms with van der Waals surface area (Å²) in [5.41, 5.74) is 1.04. The third kappa shape index (κ3) is 4.50. The van der Waals surface area contributed by atoms with Crippen LogP contribution in [-0.2, 0) is 14.3 Å². The molecule has 4 rings (SSSR count). The molecule has 0 aliphatic carbocycles. The molecule has 0 bridgehead atoms. The highest BCUT2D eigenvalue weighted by molar-refractivity contribution is 7.10. The normalized spacial score (nSPS) is 17.5. The number of hydrogen-bond acceptors (Lipinski definition) is 9. The van der Waals surface area contributed by atoms with Crippen molar-refractivity contribution in [3.63, 3.8) is 0 Å². The number of carbonyl (C=O) groups excluding carboxylic acids is 3. The van der Waals surface area contributed by atoms with Crippen LogP contribution >= 0.6 is 11.3 Å². The second-order valence-corrected chi connectivity index (χ2v) is 8.12. The van der Waals surface area contributed by atoms with E-state index < -0.39 is 23.8 Å². The molecular weight excluding hydrogens is 448 g/mol. The molecule has 11 heteroatoms. The molecule has 2 unspecified atom stereocenters. The van der Waals surface area contributed by atoms with Crippen LogP contribution in [0.3, 0.4) is 0 Å². The van der Waals surface area contributed by atoms with Gasteiger partial charge in [0.2, 0.25) is 5.91 Å². The Bertz CT molecular complexity index is 1150. The average Bonchev–Trinajstić information content (AvgIpc) is 3.51. The zero-order valence-corrected chi connectivity index (χ0v) is 18.8. The van der Waals surface area contributed by atoms with E-state index in [9.17, 15) is 14.4 Å². The number of amides is 2. The number of benzene rings is 1. The average molecular weight is 471 g/mol. The fraction of sp³-hybridized carbons (Fsp3) is 0.318. The summed E-state index contributed by atoms with van der Waals surface area (Å²) in [6.45, 7) is 2.43. The maximum absolute atomic E-state index is 13.5. The Kier molecular flexibility index (Phi) is 6.80. The number of thiophene rings is 1. The van der Waals surface area contributed by atoms with Gasteiger partial charge in [-0.3, -0.25) is 14.9 Å². The van der Waals surface area contributed by atoms with E-state index >= 15 is 0 Å². The standard InChI is InChI=1S/C22H22N4O6S/c1-3-31-21(29)19-24-25-22(32-19)23-18(27)16-13-7-4-5-8-14(13)20(28)26(10-11-30-2)17(16)15-9-6-12-33-15/h4-9,12,16-17H,3,10-11H2,1-2H3,(H,23,25,27). The Hall–Kier alpha value is -3.57. The molecule has 10 nitrogen and oxygen atoms in total. The first-order valence-corrected chi connectivity index (χ1v) is 11.2. The third-order valence-electron chi connectivity index (χ3n) is 5.20. The summed E-state index contributed by atoms with van der Waals surface area (Å²) < 4.78 is 15.3. The van der Waals surface area contributed by atoms with Gasteiger partial charge in [-0.05, 0) is 30.0 Å². The number of nitrogens with one attached hydrogen (secondary N) is 1. The van der Waals surface area contributed by atoms with Crippen molar-refractivity contribution < 1.29 is 28.3 Å². The van der Waals surface area contributed by atoms with Crippen LogP contribution in [0.5, 0.6) is 0 Å². The van der Waals surface area contributed by atoms with E-state index in [4.69, 9.17) is 13.9 Å². The van der Waals surface area contributed by atoms with Crippen molar-refractivity contribution in [2.24, 2.45) is 0 Å². The predicted octanol–water partition coefficient (Wildman–Crippen LogP) is 2.87. The largest absolute Gasteiger partial charge is 0.459 e. The molecule has 1 N–H and O–H groups in total. The van der Waals surface area contributed by atoms with E-state index in [1.807, 2.05) is 17.5 Å². The monoisotopic (exact) mass is 470 g/mol. The van der Waals surface area contributed by atoms with Crippen LogP contribution in [0.15, 0.2) is 46.2 Å². The Labute approximate surface area is 193 Å². The molecule has 33 heavy (non-hydrogen) atoms. The number of hydrogen-bond donors (Lipinski definition) is 1. The summed E-state index contributed by atoms with van der Waals surface area (Å²) in [5.74, 6) is -2.51. The van der Waals surface area contributed by atoms with Gasteiger partial charge in [-0.25, -0.2) is 4.79 Å². The molecule has 3 aromatic rings. The second-order valence-electron chi connectivity index (χ2n) is 7.14. The Morgan fingerprint density at radius 1 is 1.21 bits per heavy atom. The minimum atomic E-state index is -0.777. The smallest absolute Gasteiger partial charge is 0.396 e. The lowest BCUT2D eigenvalue weighted by molar-refractivity contribution is -0.119. The predicted molar refractivity (Wildman–Crippen MR) is 118 cm³/mol. The Morgan fingerprint density at radius 2 is 2.03 bits per heavy atom. The maximum atomic E-state index is 13.5. The fourth-order valence-corrected chi connectivity index (χ4v) is 4.69. The minimum Gasteiger partial charge on any atom is -0.459 e. The number of rotatable bonds is 8. The zero-order chi connectivity index (χ0) is 23.4. The quantitative estimate of drug-likeness (QED) is 0.499. The summed E-state index contributed by atoms with van der Waals surface area (Å²) in [6, 6.07) is 9.99. The van der Waals surface area contributed by atoms with Crippen LogP contribution in [0.4, 0.5) is 6.01 Å². The first kappa shape index (κ1) is 22.6. The van der Waals surface area contributed by atoms with E-state index in [-0.39, 0.29) is 24.4 Å². The van der Waals surface area contributed by atoms with Crippen molar-refractivity contribution in [3.05, 3.63) is 63.7 Å². The van der Waals surface area contributed by atoms with Crippen molar-refractivity contribution in [2.45, 2.75) is 18.9 Å². The van der Waals surface area contributed by atoms with Crippen LogP contribution in [0.2, 0.25) is 0 Å². The Balaban J connectivity index is 1.71. The molecule has 2 aromatic heterocycles. The lowest BCUT2D eigenvalue weighted by Gasteiger charge is -2.40. The maximum Gasteiger partial charge on any atom is 0.396 e. The van der Waals surface area contributed by atoms with E-state index in [0.29, 0.717) is 24.3 Å². The van der Waals surface area contributed by atoms with Crippen LogP contribution < -0.4 is 5.32 Å². The van der Waals surface area contributed by atoms with Crippen molar-refractivity contribution in [1.82, 2.24) is 15.1 Å². The van der Waals surface area contributed by atoms with Gasteiger partial charge in [-0.1, -0.05) is 34.5 Å². The number of anilines is 1. The highest BCUT2D eigenvalue weighted by Crippen LogP contribution is 2.44. The molecule has 3 heterocycles. The van der Waals surface area contributed by atoms with Gasteiger partial charge in [0.25, 0.3) is 5.91 Å². The third-order valence-corrected chi connectivity index (χ3v) is 6.14. The number of esters is 1. The van der Waals surface area contributed by atoms with Gasteiger partial charge in [-0.2, -0.15) is 0 Å². The van der Waals surface area contributed by atoms with E-state index in [1.165, 1.54) is 11.3 Å². The number of ether oxygens (including phenoxy) is 2. The van der Waals surface area contributed by atoms with E-state index in [0.717, 1.165) is 4.88 Å². The summed E-state index contributed by atoms with van der Waals surface area (Å²) in [6.07, 6.45) is 0. The number of fused-ring (bicyclic) bond motifs is 1. The molecule has 0 radical (unpaired) electrons. The number of methoxy groups -OCH3 is 1. The molecule has 2 atom stereocenters. The minimum absolute atomic E-state index is 0.148. The van der Waals surface area contributed by atoms with Crippen molar-refractivity contribution >= 4 is 35.1 Å². The van der Waals surface area contributed by atoms with Crippen LogP contribution in [0, 0.1) is 0 Å². The number of carbonyl (C=O) groups is 3. The summed E-state index contributed by atoms with van der Waals surface area (Å²) in [4.78, 5) is 41.2. The van der Waals surface area contributed by atoms with Gasteiger partial charge >= 0.3 is 17.9 Å². The second kappa shape index (κ2) is 9.92. The molecule has 0 saturated heterocycles.